The molecule has 2 aromatic rings. The summed E-state index contributed by atoms with van der Waals surface area (Å²) in [4.78, 5) is 4.12. The van der Waals surface area contributed by atoms with Gasteiger partial charge in [-0.25, -0.2) is 9.37 Å². The molecule has 84 valence electrons. The lowest BCUT2D eigenvalue weighted by Crippen LogP contribution is -1.91. The molecule has 1 aromatic heterocycles. The third-order valence-electron chi connectivity index (χ3n) is 2.03. The number of halogens is 1. The molecule has 0 saturated heterocycles. The van der Waals surface area contributed by atoms with Crippen LogP contribution in [0.5, 0.6) is 0 Å². The third-order valence-corrected chi connectivity index (χ3v) is 2.92. The van der Waals surface area contributed by atoms with Crippen molar-refractivity contribution >= 4 is 17.4 Å². The Hall–Kier alpha value is -1.49. The van der Waals surface area contributed by atoms with E-state index in [1.54, 1.807) is 18.4 Å². The largest absolute Gasteiger partial charge is 0.440 e. The molecule has 0 radical (unpaired) electrons. The van der Waals surface area contributed by atoms with Crippen molar-refractivity contribution in [1.29, 1.82) is 0 Å². The molecule has 0 unspecified atom stereocenters. The molecule has 16 heavy (non-hydrogen) atoms. The van der Waals surface area contributed by atoms with Gasteiger partial charge in [0.15, 0.2) is 0 Å². The minimum atomic E-state index is -0.296. The first-order valence-electron chi connectivity index (χ1n) is 4.74. The average molecular weight is 238 g/mol. The van der Waals surface area contributed by atoms with Crippen LogP contribution in [0, 0.1) is 12.7 Å². The molecule has 0 saturated carbocycles. The summed E-state index contributed by atoms with van der Waals surface area (Å²) in [6.45, 7) is 1.84. The normalized spacial score (nSPS) is 10.6. The zero-order chi connectivity index (χ0) is 11.5. The van der Waals surface area contributed by atoms with E-state index in [0.717, 1.165) is 5.69 Å². The van der Waals surface area contributed by atoms with Crippen LogP contribution < -0.4 is 5.73 Å². The number of aryl methyl sites for hydroxylation is 1. The first kappa shape index (κ1) is 11.0. The molecule has 2 N–H and O–H groups in total. The molecule has 0 bridgehead atoms. The lowest BCUT2D eigenvalue weighted by Gasteiger charge is -2.01. The van der Waals surface area contributed by atoms with E-state index in [4.69, 9.17) is 10.2 Å². The number of nitrogens with zero attached hydrogens (tertiary/aromatic N) is 1. The number of nitrogens with two attached hydrogens (primary N) is 1. The van der Waals surface area contributed by atoms with E-state index < -0.39 is 0 Å². The van der Waals surface area contributed by atoms with Crippen LogP contribution in [-0.4, -0.2) is 4.98 Å². The zero-order valence-corrected chi connectivity index (χ0v) is 9.55. The van der Waals surface area contributed by atoms with Crippen molar-refractivity contribution in [2.24, 2.45) is 0 Å². The van der Waals surface area contributed by atoms with Gasteiger partial charge in [0.1, 0.15) is 12.1 Å². The topological polar surface area (TPSA) is 52.0 Å². The molecule has 1 heterocycles. The first-order chi connectivity index (χ1) is 7.65. The van der Waals surface area contributed by atoms with Gasteiger partial charge in [0.05, 0.1) is 5.69 Å². The van der Waals surface area contributed by atoms with Gasteiger partial charge in [-0.05, 0) is 24.6 Å². The molecule has 2 rings (SSSR count). The SMILES string of the molecule is Cc1coc(SCc2ccc(N)cc2F)n1. The van der Waals surface area contributed by atoms with Gasteiger partial charge in [-0.15, -0.1) is 0 Å². The Kier molecular flexibility index (Phi) is 3.14. The van der Waals surface area contributed by atoms with Crippen LogP contribution in [0.4, 0.5) is 10.1 Å². The Morgan fingerprint density at radius 3 is 2.94 bits per heavy atom. The van der Waals surface area contributed by atoms with Crippen LogP contribution in [-0.2, 0) is 5.75 Å². The fourth-order valence-corrected chi connectivity index (χ4v) is 2.06. The second-order valence-electron chi connectivity index (χ2n) is 3.39. The monoisotopic (exact) mass is 238 g/mol. The maximum Gasteiger partial charge on any atom is 0.256 e. The summed E-state index contributed by atoms with van der Waals surface area (Å²) in [5.41, 5.74) is 7.30. The quantitative estimate of drug-likeness (QED) is 0.659. The predicted molar refractivity (Wildman–Crippen MR) is 61.6 cm³/mol. The van der Waals surface area contributed by atoms with E-state index in [0.29, 0.717) is 22.2 Å². The number of benzene rings is 1. The highest BCUT2D eigenvalue weighted by atomic mass is 32.2. The van der Waals surface area contributed by atoms with Gasteiger partial charge in [-0.3, -0.25) is 0 Å². The molecule has 0 amide bonds. The number of hydrogen-bond donors (Lipinski definition) is 1. The number of thioether (sulfide) groups is 1. The number of anilines is 1. The molecular weight excluding hydrogens is 227 g/mol. The van der Waals surface area contributed by atoms with E-state index in [1.165, 1.54) is 17.8 Å². The van der Waals surface area contributed by atoms with Crippen molar-refractivity contribution in [1.82, 2.24) is 4.98 Å². The Bertz CT molecular complexity index is 498. The third kappa shape index (κ3) is 2.55. The van der Waals surface area contributed by atoms with Crippen molar-refractivity contribution in [2.75, 3.05) is 5.73 Å². The van der Waals surface area contributed by atoms with Crippen molar-refractivity contribution in [2.45, 2.75) is 17.9 Å². The first-order valence-corrected chi connectivity index (χ1v) is 5.72. The van der Waals surface area contributed by atoms with Crippen LogP contribution in [0.15, 0.2) is 34.1 Å². The van der Waals surface area contributed by atoms with Gasteiger partial charge >= 0.3 is 0 Å². The molecule has 0 aliphatic carbocycles. The lowest BCUT2D eigenvalue weighted by atomic mass is 10.2. The highest BCUT2D eigenvalue weighted by Crippen LogP contribution is 2.24. The van der Waals surface area contributed by atoms with E-state index in [1.807, 2.05) is 6.92 Å². The fraction of sp³-hybridized carbons (Fsp3) is 0.182. The maximum absolute atomic E-state index is 13.4. The van der Waals surface area contributed by atoms with E-state index in [9.17, 15) is 4.39 Å². The fourth-order valence-electron chi connectivity index (χ4n) is 1.22. The Morgan fingerprint density at radius 2 is 2.31 bits per heavy atom. The molecule has 1 aromatic carbocycles. The van der Waals surface area contributed by atoms with E-state index in [2.05, 4.69) is 4.98 Å². The second-order valence-corrected chi connectivity index (χ2v) is 4.32. The Balaban J connectivity index is 2.04. The van der Waals surface area contributed by atoms with Gasteiger partial charge in [-0.1, -0.05) is 17.8 Å². The van der Waals surface area contributed by atoms with Crippen molar-refractivity contribution in [3.05, 3.63) is 41.5 Å². The van der Waals surface area contributed by atoms with E-state index in [-0.39, 0.29) is 5.82 Å². The van der Waals surface area contributed by atoms with Crippen molar-refractivity contribution in [3.63, 3.8) is 0 Å². The van der Waals surface area contributed by atoms with Gasteiger partial charge in [0.2, 0.25) is 0 Å². The highest BCUT2D eigenvalue weighted by molar-refractivity contribution is 7.98. The summed E-state index contributed by atoms with van der Waals surface area (Å²) in [6, 6.07) is 4.67. The van der Waals surface area contributed by atoms with Crippen LogP contribution in [0.2, 0.25) is 0 Å². The number of hydrogen-bond acceptors (Lipinski definition) is 4. The predicted octanol–water partition coefficient (Wildman–Crippen LogP) is 3.00. The molecule has 0 aliphatic heterocycles. The molecule has 0 fully saturated rings. The summed E-state index contributed by atoms with van der Waals surface area (Å²) in [5, 5.41) is 0.550. The zero-order valence-electron chi connectivity index (χ0n) is 8.74. The number of oxazole rings is 1. The summed E-state index contributed by atoms with van der Waals surface area (Å²) in [6.07, 6.45) is 1.57. The van der Waals surface area contributed by atoms with Gasteiger partial charge < -0.3 is 10.2 Å². The minimum absolute atomic E-state index is 0.296. The van der Waals surface area contributed by atoms with Crippen LogP contribution in [0.1, 0.15) is 11.3 Å². The number of rotatable bonds is 3. The van der Waals surface area contributed by atoms with Crippen LogP contribution >= 0.6 is 11.8 Å². The molecule has 0 atom stereocenters. The number of aromatic nitrogens is 1. The molecule has 0 aliphatic rings. The highest BCUT2D eigenvalue weighted by Gasteiger charge is 2.06. The van der Waals surface area contributed by atoms with Crippen LogP contribution in [0.25, 0.3) is 0 Å². The van der Waals surface area contributed by atoms with Crippen molar-refractivity contribution in [3.8, 4) is 0 Å². The summed E-state index contributed by atoms with van der Waals surface area (Å²) >= 11 is 1.36. The minimum Gasteiger partial charge on any atom is -0.440 e. The summed E-state index contributed by atoms with van der Waals surface area (Å²) in [5.74, 6) is 0.183. The Labute approximate surface area is 96.9 Å². The lowest BCUT2D eigenvalue weighted by molar-refractivity contribution is 0.454. The second kappa shape index (κ2) is 4.57. The van der Waals surface area contributed by atoms with Crippen molar-refractivity contribution < 1.29 is 8.81 Å². The van der Waals surface area contributed by atoms with Crippen LogP contribution in [0.3, 0.4) is 0 Å². The number of nitrogen functional groups attached to an aromatic ring is 1. The van der Waals surface area contributed by atoms with Gasteiger partial charge in [-0.2, -0.15) is 0 Å². The summed E-state index contributed by atoms with van der Waals surface area (Å²) in [7, 11) is 0. The van der Waals surface area contributed by atoms with Gasteiger partial charge in [0, 0.05) is 11.4 Å². The molecule has 5 heteroatoms. The van der Waals surface area contributed by atoms with E-state index >= 15 is 0 Å². The average Bonchev–Trinajstić information content (AvgIpc) is 2.63. The summed E-state index contributed by atoms with van der Waals surface area (Å²) < 4.78 is 18.6. The smallest absolute Gasteiger partial charge is 0.256 e. The standard InChI is InChI=1S/C11H11FN2OS/c1-7-5-15-11(14-7)16-6-8-2-3-9(13)4-10(8)12/h2-5H,6,13H2,1H3. The van der Waals surface area contributed by atoms with Gasteiger partial charge in [0.25, 0.3) is 5.22 Å². The Morgan fingerprint density at radius 1 is 1.50 bits per heavy atom. The molecular formula is C11H11FN2OS. The molecule has 0 spiro atoms. The molecule has 3 nitrogen and oxygen atoms in total. The maximum atomic E-state index is 13.4.